The van der Waals surface area contributed by atoms with E-state index in [9.17, 15) is 18.9 Å². The van der Waals surface area contributed by atoms with Gasteiger partial charge in [0.05, 0.1) is 0 Å². The predicted molar refractivity (Wildman–Crippen MR) is 217 cm³/mol. The van der Waals surface area contributed by atoms with Gasteiger partial charge in [0.15, 0.2) is 17.9 Å². The van der Waals surface area contributed by atoms with E-state index in [4.69, 9.17) is 61.2 Å². The zero-order chi connectivity index (χ0) is 43.0. The Kier molecular flexibility index (Phi) is 30.1. The summed E-state index contributed by atoms with van der Waals surface area (Å²) in [6.45, 7) is 2.68. The summed E-state index contributed by atoms with van der Waals surface area (Å²) >= 11 is 0. The molecule has 0 aliphatic rings. The molecule has 22 nitrogen and oxygen atoms in total. The zero-order valence-corrected chi connectivity index (χ0v) is 34.6. The van der Waals surface area contributed by atoms with E-state index in [1.165, 1.54) is 57.8 Å². The summed E-state index contributed by atoms with van der Waals surface area (Å²) in [4.78, 5) is 63.7. The molecule has 0 aromatic carbocycles. The molecule has 0 aromatic rings. The first-order valence-corrected chi connectivity index (χ1v) is 21.3. The van der Waals surface area contributed by atoms with Crippen LogP contribution in [0.1, 0.15) is 142 Å². The van der Waals surface area contributed by atoms with Crippen LogP contribution in [-0.4, -0.2) is 73.0 Å². The number of carbonyl (C=O) groups excluding carboxylic acids is 3. The van der Waals surface area contributed by atoms with Crippen LogP contribution in [0, 0.1) is 0 Å². The molecule has 0 fully saturated rings. The largest absolute Gasteiger partial charge is 0.584 e. The van der Waals surface area contributed by atoms with E-state index in [-0.39, 0.29) is 82.5 Å². The summed E-state index contributed by atoms with van der Waals surface area (Å²) in [5, 5.41) is 0. The highest BCUT2D eigenvalue weighted by Gasteiger charge is 2.42. The smallest absolute Gasteiger partial charge is 0.370 e. The van der Waals surface area contributed by atoms with Gasteiger partial charge in [-0.2, -0.15) is 0 Å². The van der Waals surface area contributed by atoms with Gasteiger partial charge in [0.2, 0.25) is 0 Å². The first-order valence-electron chi connectivity index (χ1n) is 19.8. The topological polar surface area (TPSA) is 395 Å². The molecule has 0 aliphatic heterocycles. The van der Waals surface area contributed by atoms with Crippen LogP contribution in [0.15, 0.2) is 15.0 Å². The minimum absolute atomic E-state index is 0.0124. The van der Waals surface area contributed by atoms with Crippen LogP contribution in [0.5, 0.6) is 0 Å². The number of nitrogens with two attached hydrogens (primary N) is 9. The summed E-state index contributed by atoms with van der Waals surface area (Å²) in [7, 11) is -5.39. The quantitative estimate of drug-likeness (QED) is 0.0109. The lowest BCUT2D eigenvalue weighted by Crippen LogP contribution is -2.49. The number of hydrogen-bond donors (Lipinski definition) is 9. The SMILES string of the molecule is CCCCCCCCCCCCCCCCC(N)(CCCN=C(N)N)C(=O)OOP(=O)(OOC(=O)C(N)CCCN=C(N)N)OOC(=O)C(N)CCCN=C(N)N. The third kappa shape index (κ3) is 29.1. The Morgan fingerprint density at radius 1 is 0.526 bits per heavy atom. The van der Waals surface area contributed by atoms with E-state index in [2.05, 4.69) is 41.0 Å². The van der Waals surface area contributed by atoms with Crippen LogP contribution in [-0.2, 0) is 47.6 Å². The van der Waals surface area contributed by atoms with Crippen molar-refractivity contribution in [3.8, 4) is 0 Å². The molecular formula is C34H71N12O10P. The van der Waals surface area contributed by atoms with E-state index in [0.29, 0.717) is 6.42 Å². The van der Waals surface area contributed by atoms with Crippen LogP contribution in [0.3, 0.4) is 0 Å². The van der Waals surface area contributed by atoms with Crippen LogP contribution in [0.25, 0.3) is 0 Å². The Morgan fingerprint density at radius 3 is 1.25 bits per heavy atom. The van der Waals surface area contributed by atoms with Gasteiger partial charge >= 0.3 is 25.7 Å². The van der Waals surface area contributed by atoms with Crippen molar-refractivity contribution >= 4 is 43.6 Å². The molecule has 0 aromatic heterocycles. The third-order valence-electron chi connectivity index (χ3n) is 8.62. The average Bonchev–Trinajstić information content (AvgIpc) is 3.16. The van der Waals surface area contributed by atoms with Crippen LogP contribution < -0.4 is 51.6 Å². The molecule has 0 bridgehead atoms. The molecule has 18 N–H and O–H groups in total. The molecule has 0 saturated carbocycles. The minimum Gasteiger partial charge on any atom is -0.370 e. The number of nitrogens with zero attached hydrogens (tertiary/aromatic N) is 3. The van der Waals surface area contributed by atoms with E-state index >= 15 is 0 Å². The van der Waals surface area contributed by atoms with Crippen molar-refractivity contribution < 1.29 is 47.6 Å². The van der Waals surface area contributed by atoms with Crippen LogP contribution in [0.2, 0.25) is 0 Å². The molecule has 3 atom stereocenters. The fourth-order valence-corrected chi connectivity index (χ4v) is 5.89. The van der Waals surface area contributed by atoms with Gasteiger partial charge < -0.3 is 51.6 Å². The lowest BCUT2D eigenvalue weighted by atomic mass is 9.88. The normalized spacial score (nSPS) is 14.2. The van der Waals surface area contributed by atoms with Crippen molar-refractivity contribution in [2.75, 3.05) is 19.6 Å². The second-order valence-corrected chi connectivity index (χ2v) is 15.2. The summed E-state index contributed by atoms with van der Waals surface area (Å²) in [6.07, 6.45) is 16.9. The lowest BCUT2D eigenvalue weighted by molar-refractivity contribution is -0.299. The van der Waals surface area contributed by atoms with Crippen molar-refractivity contribution in [2.24, 2.45) is 66.6 Å². The van der Waals surface area contributed by atoms with Gasteiger partial charge in [-0.3, -0.25) is 29.6 Å². The van der Waals surface area contributed by atoms with Crippen LogP contribution in [0.4, 0.5) is 0 Å². The fraction of sp³-hybridized carbons (Fsp3) is 0.824. The maximum absolute atomic E-state index is 13.4. The monoisotopic (exact) mass is 839 g/mol. The van der Waals surface area contributed by atoms with E-state index < -0.39 is 43.4 Å². The number of hydrogen-bond acceptors (Lipinski definition) is 16. The highest BCUT2D eigenvalue weighted by atomic mass is 31.2. The first kappa shape index (κ1) is 53.2. The molecular weight excluding hydrogens is 767 g/mol. The van der Waals surface area contributed by atoms with E-state index in [1.54, 1.807) is 0 Å². The van der Waals surface area contributed by atoms with Gasteiger partial charge in [-0.15, -0.1) is 0 Å². The van der Waals surface area contributed by atoms with Gasteiger partial charge in [-0.05, 0) is 44.9 Å². The number of guanidine groups is 3. The summed E-state index contributed by atoms with van der Waals surface area (Å²) in [6, 6.07) is -2.63. The van der Waals surface area contributed by atoms with E-state index in [0.717, 1.165) is 25.7 Å². The molecule has 0 radical (unpaired) electrons. The third-order valence-corrected chi connectivity index (χ3v) is 9.40. The van der Waals surface area contributed by atoms with Crippen molar-refractivity contribution in [3.05, 3.63) is 0 Å². The Hall–Kier alpha value is -3.79. The van der Waals surface area contributed by atoms with Gasteiger partial charge in [0.25, 0.3) is 0 Å². The molecule has 57 heavy (non-hydrogen) atoms. The Labute approximate surface area is 336 Å². The molecule has 0 heterocycles. The number of unbranched alkanes of at least 4 members (excludes halogenated alkanes) is 13. The number of carbonyl (C=O) groups is 3. The lowest BCUT2D eigenvalue weighted by Gasteiger charge is -2.26. The minimum atomic E-state index is -5.39. The van der Waals surface area contributed by atoms with Crippen LogP contribution >= 0.6 is 7.82 Å². The zero-order valence-electron chi connectivity index (χ0n) is 33.7. The molecule has 0 amide bonds. The van der Waals surface area contributed by atoms with E-state index in [1.807, 2.05) is 0 Å². The number of phosphoric acid groups is 1. The fourth-order valence-electron chi connectivity index (χ4n) is 5.33. The molecule has 0 saturated heterocycles. The average molecular weight is 839 g/mol. The predicted octanol–water partition coefficient (Wildman–Crippen LogP) is 1.90. The molecule has 0 aliphatic carbocycles. The maximum Gasteiger partial charge on any atom is 0.584 e. The van der Waals surface area contributed by atoms with Crippen molar-refractivity contribution in [2.45, 2.75) is 159 Å². The number of rotatable bonds is 36. The Balaban J connectivity index is 5.46. The molecule has 23 heteroatoms. The second kappa shape index (κ2) is 32.2. The Morgan fingerprint density at radius 2 is 0.860 bits per heavy atom. The van der Waals surface area contributed by atoms with Crippen molar-refractivity contribution in [3.63, 3.8) is 0 Å². The summed E-state index contributed by atoms with van der Waals surface area (Å²) < 4.78 is 27.3. The van der Waals surface area contributed by atoms with Gasteiger partial charge in [0, 0.05) is 19.6 Å². The first-order chi connectivity index (χ1) is 27.0. The highest BCUT2D eigenvalue weighted by molar-refractivity contribution is 7.48. The van der Waals surface area contributed by atoms with Gasteiger partial charge in [-0.25, -0.2) is 18.9 Å². The molecule has 3 unspecified atom stereocenters. The number of aliphatic imine (C=N–C) groups is 3. The van der Waals surface area contributed by atoms with Gasteiger partial charge in [0.1, 0.15) is 17.6 Å². The standard InChI is InChI=1S/C34H71N12O10P/c1-2-3-4-5-6-7-8-9-10-11-12-13-14-15-21-34(43,22-18-25-46-33(41)42)30(49)53-56-57(50,54-51-28(47)26(35)19-16-23-44-31(37)38)55-52-29(48)27(36)20-17-24-45-32(39)40/h26-27H,2-25,35-36,43H2,1H3,(H4,37,38,44)(H4,39,40,45)(H4,41,42,46). The molecule has 332 valence electrons. The molecule has 0 spiro atoms. The molecule has 0 rings (SSSR count). The summed E-state index contributed by atoms with van der Waals surface area (Å²) in [5.41, 5.74) is 48.4. The van der Waals surface area contributed by atoms with Crippen molar-refractivity contribution in [1.29, 1.82) is 0 Å². The highest BCUT2D eigenvalue weighted by Crippen LogP contribution is 2.50. The summed E-state index contributed by atoms with van der Waals surface area (Å²) in [5.74, 6) is -4.12. The second-order valence-electron chi connectivity index (χ2n) is 13.9. The van der Waals surface area contributed by atoms with Crippen molar-refractivity contribution in [1.82, 2.24) is 0 Å². The Bertz CT molecular complexity index is 1220. The van der Waals surface area contributed by atoms with Gasteiger partial charge in [-0.1, -0.05) is 111 Å². The maximum atomic E-state index is 13.4.